The molecule has 0 fully saturated rings. The van der Waals surface area contributed by atoms with Crippen molar-refractivity contribution in [3.05, 3.63) is 29.8 Å². The van der Waals surface area contributed by atoms with E-state index in [2.05, 4.69) is 28.1 Å². The molecule has 1 aromatic rings. The first-order valence-corrected chi connectivity index (χ1v) is 6.76. The number of hydrogen-bond donors (Lipinski definition) is 4. The molecular weight excluding hydrogens is 276 g/mol. The molecule has 7 nitrogen and oxygen atoms in total. The predicted molar refractivity (Wildman–Crippen MR) is 74.0 cm³/mol. The number of benzene rings is 1. The second-order valence-corrected chi connectivity index (χ2v) is 5.15. The molecule has 0 spiro atoms. The van der Waals surface area contributed by atoms with Crippen LogP contribution in [0.5, 0.6) is 0 Å². The molecule has 1 aromatic carbocycles. The number of hydrazone groups is 1. The number of anilines is 1. The minimum Gasteiger partial charge on any atom is -0.375 e. The molecule has 0 aliphatic carbocycles. The number of thiocarbonyl (C=S) groups is 1. The van der Waals surface area contributed by atoms with Crippen molar-refractivity contribution in [1.82, 2.24) is 5.43 Å². The molecule has 0 aromatic heterocycles. The van der Waals surface area contributed by atoms with Crippen molar-refractivity contribution >= 4 is 39.4 Å². The molecule has 0 saturated carbocycles. The standard InChI is InChI=1S/C9H12N4O3S2/c10-9(17)13-12-5-7-1-3-8(4-2-7)11-6-18(14,15)16/h1-5,11H,6H2,(H3,10,13,17)(H,14,15,16)/b12-5-. The van der Waals surface area contributed by atoms with Gasteiger partial charge < -0.3 is 11.1 Å². The van der Waals surface area contributed by atoms with Gasteiger partial charge in [0.2, 0.25) is 0 Å². The van der Waals surface area contributed by atoms with Crippen molar-refractivity contribution in [2.24, 2.45) is 10.8 Å². The highest BCUT2D eigenvalue weighted by atomic mass is 32.2. The number of hydrogen-bond acceptors (Lipinski definition) is 5. The lowest BCUT2D eigenvalue weighted by Crippen LogP contribution is -2.23. The fraction of sp³-hybridized carbons (Fsp3) is 0.111. The summed E-state index contributed by atoms with van der Waals surface area (Å²) < 4.78 is 29.6. The first-order valence-electron chi connectivity index (χ1n) is 4.74. The lowest BCUT2D eigenvalue weighted by molar-refractivity contribution is 0.485. The Morgan fingerprint density at radius 1 is 1.44 bits per heavy atom. The summed E-state index contributed by atoms with van der Waals surface area (Å²) in [6.07, 6.45) is 1.51. The van der Waals surface area contributed by atoms with E-state index in [1.54, 1.807) is 24.3 Å². The zero-order valence-electron chi connectivity index (χ0n) is 9.20. The number of nitrogens with one attached hydrogen (secondary N) is 2. The van der Waals surface area contributed by atoms with Crippen molar-refractivity contribution < 1.29 is 13.0 Å². The second kappa shape index (κ2) is 6.28. The van der Waals surface area contributed by atoms with E-state index < -0.39 is 16.0 Å². The van der Waals surface area contributed by atoms with Gasteiger partial charge in [-0.25, -0.2) is 0 Å². The first-order chi connectivity index (χ1) is 8.37. The molecule has 1 rings (SSSR count). The van der Waals surface area contributed by atoms with Crippen LogP contribution >= 0.6 is 12.2 Å². The van der Waals surface area contributed by atoms with Gasteiger partial charge in [0, 0.05) is 5.69 Å². The third-order valence-electron chi connectivity index (χ3n) is 1.76. The summed E-state index contributed by atoms with van der Waals surface area (Å²) in [5.41, 5.74) is 8.92. The van der Waals surface area contributed by atoms with Crippen LogP contribution < -0.4 is 16.5 Å². The molecule has 9 heteroatoms. The van der Waals surface area contributed by atoms with E-state index in [0.29, 0.717) is 5.69 Å². The Bertz CT molecular complexity index is 539. The topological polar surface area (TPSA) is 117 Å². The molecule has 0 aliphatic heterocycles. The average molecular weight is 288 g/mol. The monoisotopic (exact) mass is 288 g/mol. The maximum absolute atomic E-state index is 10.5. The van der Waals surface area contributed by atoms with Gasteiger partial charge in [0.1, 0.15) is 5.88 Å². The van der Waals surface area contributed by atoms with Crippen LogP contribution in [-0.2, 0) is 10.1 Å². The normalized spacial score (nSPS) is 11.4. The van der Waals surface area contributed by atoms with E-state index in [4.69, 9.17) is 10.3 Å². The minimum absolute atomic E-state index is 0.0673. The summed E-state index contributed by atoms with van der Waals surface area (Å²) in [5, 5.41) is 6.37. The molecule has 0 bridgehead atoms. The van der Waals surface area contributed by atoms with Gasteiger partial charge in [0.25, 0.3) is 10.1 Å². The van der Waals surface area contributed by atoms with Crippen LogP contribution in [-0.4, -0.2) is 30.2 Å². The fourth-order valence-corrected chi connectivity index (χ4v) is 1.43. The third kappa shape index (κ3) is 6.13. The zero-order chi connectivity index (χ0) is 13.6. The van der Waals surface area contributed by atoms with Crippen LogP contribution in [0.15, 0.2) is 29.4 Å². The zero-order valence-corrected chi connectivity index (χ0v) is 10.8. The maximum atomic E-state index is 10.5. The summed E-state index contributed by atoms with van der Waals surface area (Å²) in [6, 6.07) is 6.70. The second-order valence-electron chi connectivity index (χ2n) is 3.26. The molecule has 0 heterocycles. The molecule has 0 radical (unpaired) electrons. The van der Waals surface area contributed by atoms with Gasteiger partial charge in [-0.1, -0.05) is 12.1 Å². The minimum atomic E-state index is -4.03. The lowest BCUT2D eigenvalue weighted by Gasteiger charge is -2.04. The summed E-state index contributed by atoms with van der Waals surface area (Å²) in [7, 11) is -4.03. The van der Waals surface area contributed by atoms with Gasteiger partial charge in [-0.3, -0.25) is 9.98 Å². The van der Waals surface area contributed by atoms with Crippen LogP contribution in [0.3, 0.4) is 0 Å². The Balaban J connectivity index is 2.57. The molecule has 0 aliphatic rings. The van der Waals surface area contributed by atoms with E-state index >= 15 is 0 Å². The van der Waals surface area contributed by atoms with Crippen LogP contribution in [0.1, 0.15) is 5.56 Å². The van der Waals surface area contributed by atoms with E-state index in [0.717, 1.165) is 5.56 Å². The molecule has 98 valence electrons. The smallest absolute Gasteiger partial charge is 0.283 e. The lowest BCUT2D eigenvalue weighted by atomic mass is 10.2. The quantitative estimate of drug-likeness (QED) is 0.263. The Morgan fingerprint density at radius 2 is 2.06 bits per heavy atom. The Kier molecular flexibility index (Phi) is 5.01. The Hall–Kier alpha value is -1.71. The van der Waals surface area contributed by atoms with Crippen molar-refractivity contribution in [2.45, 2.75) is 0 Å². The number of nitrogens with zero attached hydrogens (tertiary/aromatic N) is 1. The molecule has 0 unspecified atom stereocenters. The van der Waals surface area contributed by atoms with E-state index in [-0.39, 0.29) is 5.11 Å². The predicted octanol–water partition coefficient (Wildman–Crippen LogP) is 0.111. The first kappa shape index (κ1) is 14.4. The van der Waals surface area contributed by atoms with Gasteiger partial charge in [-0.15, -0.1) is 0 Å². The van der Waals surface area contributed by atoms with E-state index in [1.165, 1.54) is 6.21 Å². The molecule has 0 amide bonds. The van der Waals surface area contributed by atoms with Gasteiger partial charge in [-0.2, -0.15) is 13.5 Å². The average Bonchev–Trinajstić information content (AvgIpc) is 2.26. The van der Waals surface area contributed by atoms with Crippen molar-refractivity contribution in [3.8, 4) is 0 Å². The molecule has 5 N–H and O–H groups in total. The Morgan fingerprint density at radius 3 is 2.56 bits per heavy atom. The van der Waals surface area contributed by atoms with E-state index in [9.17, 15) is 8.42 Å². The fourth-order valence-electron chi connectivity index (χ4n) is 1.03. The summed E-state index contributed by atoms with van der Waals surface area (Å²) in [6.45, 7) is 0. The van der Waals surface area contributed by atoms with Crippen molar-refractivity contribution in [1.29, 1.82) is 0 Å². The van der Waals surface area contributed by atoms with Crippen LogP contribution in [0.25, 0.3) is 0 Å². The van der Waals surface area contributed by atoms with Crippen LogP contribution in [0.4, 0.5) is 5.69 Å². The summed E-state index contributed by atoms with van der Waals surface area (Å²) in [5.74, 6) is -0.538. The molecule has 18 heavy (non-hydrogen) atoms. The largest absolute Gasteiger partial charge is 0.375 e. The van der Waals surface area contributed by atoms with E-state index in [1.807, 2.05) is 0 Å². The Labute approximate surface area is 110 Å². The maximum Gasteiger partial charge on any atom is 0.283 e. The number of rotatable bonds is 5. The van der Waals surface area contributed by atoms with Gasteiger partial charge >= 0.3 is 0 Å². The van der Waals surface area contributed by atoms with Crippen LogP contribution in [0.2, 0.25) is 0 Å². The highest BCUT2D eigenvalue weighted by Crippen LogP contribution is 2.08. The van der Waals surface area contributed by atoms with Crippen molar-refractivity contribution in [3.63, 3.8) is 0 Å². The summed E-state index contributed by atoms with van der Waals surface area (Å²) in [4.78, 5) is 0. The highest BCUT2D eigenvalue weighted by molar-refractivity contribution is 7.85. The molecule has 0 atom stereocenters. The van der Waals surface area contributed by atoms with Crippen molar-refractivity contribution in [2.75, 3.05) is 11.2 Å². The SMILES string of the molecule is NC(=S)N/N=C\c1ccc(NCS(=O)(=O)O)cc1. The van der Waals surface area contributed by atoms with Gasteiger partial charge in [0.05, 0.1) is 6.21 Å². The van der Waals surface area contributed by atoms with Gasteiger partial charge in [0.15, 0.2) is 5.11 Å². The van der Waals surface area contributed by atoms with Gasteiger partial charge in [-0.05, 0) is 29.9 Å². The van der Waals surface area contributed by atoms with Crippen LogP contribution in [0, 0.1) is 0 Å². The summed E-state index contributed by atoms with van der Waals surface area (Å²) >= 11 is 4.56. The molecular formula is C9H12N4O3S2. The third-order valence-corrected chi connectivity index (χ3v) is 2.36. The molecule has 0 saturated heterocycles. The highest BCUT2D eigenvalue weighted by Gasteiger charge is 2.02. The number of nitrogens with two attached hydrogens (primary N) is 1.